The summed E-state index contributed by atoms with van der Waals surface area (Å²) < 4.78 is 12.5. The summed E-state index contributed by atoms with van der Waals surface area (Å²) in [5.41, 5.74) is 3.26. The van der Waals surface area contributed by atoms with Gasteiger partial charge in [-0.3, -0.25) is 9.48 Å². The number of hydrogen-bond donors (Lipinski definition) is 2. The molecule has 0 bridgehead atoms. The molecule has 5 rings (SSSR count). The maximum atomic E-state index is 13.3. The van der Waals surface area contributed by atoms with Crippen molar-refractivity contribution < 1.29 is 9.47 Å². The second kappa shape index (κ2) is 8.43. The van der Waals surface area contributed by atoms with Gasteiger partial charge in [0, 0.05) is 37.3 Å². The molecule has 1 aromatic carbocycles. The fraction of sp³-hybridized carbons (Fsp3) is 0.217. The first-order chi connectivity index (χ1) is 16.5. The molecule has 4 aromatic heterocycles. The van der Waals surface area contributed by atoms with Gasteiger partial charge in [0.05, 0.1) is 36.5 Å². The molecule has 172 valence electrons. The number of fused-ring (bicyclic) bond motifs is 2. The van der Waals surface area contributed by atoms with Gasteiger partial charge in [0.15, 0.2) is 17.3 Å². The number of pyridine rings is 1. The second-order valence-corrected chi connectivity index (χ2v) is 7.50. The maximum Gasteiger partial charge on any atom is 0.261 e. The Kier molecular flexibility index (Phi) is 5.28. The first-order valence-electron chi connectivity index (χ1n) is 10.6. The topological polar surface area (TPSA) is 136 Å². The van der Waals surface area contributed by atoms with Crippen molar-refractivity contribution in [2.24, 2.45) is 4.99 Å². The van der Waals surface area contributed by atoms with Crippen molar-refractivity contribution in [1.29, 1.82) is 0 Å². The van der Waals surface area contributed by atoms with Crippen LogP contribution in [-0.4, -0.2) is 54.6 Å². The molecular formula is C23H22N8O3. The molecular weight excluding hydrogens is 436 g/mol. The van der Waals surface area contributed by atoms with Crippen LogP contribution < -0.4 is 15.0 Å². The number of H-pyrrole nitrogens is 2. The molecule has 11 nitrogen and oxygen atoms in total. The Morgan fingerprint density at radius 1 is 1.09 bits per heavy atom. The normalized spacial score (nSPS) is 11.9. The van der Waals surface area contributed by atoms with Crippen LogP contribution in [0.2, 0.25) is 0 Å². The molecule has 0 aliphatic heterocycles. The van der Waals surface area contributed by atoms with E-state index in [-0.39, 0.29) is 11.1 Å². The smallest absolute Gasteiger partial charge is 0.261 e. The molecule has 0 spiro atoms. The number of methoxy groups -OCH3 is 2. The van der Waals surface area contributed by atoms with Crippen molar-refractivity contribution in [3.05, 3.63) is 53.0 Å². The van der Waals surface area contributed by atoms with Crippen LogP contribution in [0.4, 0.5) is 5.69 Å². The number of nitrogens with zero attached hydrogens (tertiary/aromatic N) is 6. The van der Waals surface area contributed by atoms with Gasteiger partial charge in [-0.2, -0.15) is 5.10 Å². The van der Waals surface area contributed by atoms with Gasteiger partial charge in [-0.05, 0) is 19.9 Å². The number of ether oxygens (including phenoxy) is 2. The second-order valence-electron chi connectivity index (χ2n) is 7.50. The van der Waals surface area contributed by atoms with E-state index < -0.39 is 0 Å². The first kappa shape index (κ1) is 21.3. The summed E-state index contributed by atoms with van der Waals surface area (Å²) in [6.07, 6.45) is 5.06. The summed E-state index contributed by atoms with van der Waals surface area (Å²) in [5.74, 6) is 1.89. The highest BCUT2D eigenvalue weighted by atomic mass is 16.5. The number of imidazole rings is 1. The maximum absolute atomic E-state index is 13.3. The number of aryl methyl sites for hydroxylation is 1. The summed E-state index contributed by atoms with van der Waals surface area (Å²) in [4.78, 5) is 37.4. The monoisotopic (exact) mass is 458 g/mol. The molecule has 0 saturated carbocycles. The molecule has 0 unspecified atom stereocenters. The average Bonchev–Trinajstić information content (AvgIpc) is 3.46. The number of hydrogen-bond acceptors (Lipinski definition) is 8. The van der Waals surface area contributed by atoms with E-state index in [2.05, 4.69) is 30.0 Å². The lowest BCUT2D eigenvalue weighted by Crippen LogP contribution is -2.11. The predicted molar refractivity (Wildman–Crippen MR) is 128 cm³/mol. The third kappa shape index (κ3) is 3.56. The Hall–Kier alpha value is -4.54. The molecule has 2 N–H and O–H groups in total. The van der Waals surface area contributed by atoms with E-state index in [1.807, 2.05) is 6.92 Å². The molecule has 0 amide bonds. The van der Waals surface area contributed by atoms with Gasteiger partial charge in [-0.15, -0.1) is 0 Å². The largest absolute Gasteiger partial charge is 0.493 e. The summed E-state index contributed by atoms with van der Waals surface area (Å²) in [7, 11) is 3.12. The minimum Gasteiger partial charge on any atom is -0.493 e. The van der Waals surface area contributed by atoms with Crippen molar-refractivity contribution in [2.75, 3.05) is 14.2 Å². The van der Waals surface area contributed by atoms with E-state index in [9.17, 15) is 4.79 Å². The van der Waals surface area contributed by atoms with E-state index in [1.54, 1.807) is 62.6 Å². The molecule has 34 heavy (non-hydrogen) atoms. The summed E-state index contributed by atoms with van der Waals surface area (Å²) in [6, 6.07) is 5.25. The molecule has 0 fully saturated rings. The Bertz CT molecular complexity index is 1560. The molecule has 0 aliphatic rings. The molecule has 0 atom stereocenters. The molecule has 5 aromatic rings. The molecule has 11 heteroatoms. The SMILES string of the molecule is CCn1cc2[nH]c(=O)c(-c3nc4cc(OC)c(OC)cc4[nH]3)c(N=C(C)c3ncccn3)c2n1. The van der Waals surface area contributed by atoms with Crippen molar-refractivity contribution in [3.8, 4) is 22.9 Å². The average molecular weight is 458 g/mol. The third-order valence-corrected chi connectivity index (χ3v) is 5.41. The highest BCUT2D eigenvalue weighted by molar-refractivity contribution is 6.03. The van der Waals surface area contributed by atoms with E-state index in [1.165, 1.54) is 0 Å². The van der Waals surface area contributed by atoms with E-state index in [0.29, 0.717) is 63.2 Å². The van der Waals surface area contributed by atoms with Crippen LogP contribution in [-0.2, 0) is 6.54 Å². The Morgan fingerprint density at radius 2 is 1.82 bits per heavy atom. The minimum atomic E-state index is -0.346. The summed E-state index contributed by atoms with van der Waals surface area (Å²) >= 11 is 0. The van der Waals surface area contributed by atoms with Crippen molar-refractivity contribution >= 4 is 33.5 Å². The Morgan fingerprint density at radius 3 is 2.53 bits per heavy atom. The quantitative estimate of drug-likeness (QED) is 0.373. The van der Waals surface area contributed by atoms with E-state index in [0.717, 1.165) is 0 Å². The van der Waals surface area contributed by atoms with E-state index in [4.69, 9.17) is 14.5 Å². The first-order valence-corrected chi connectivity index (χ1v) is 10.6. The number of benzene rings is 1. The number of nitrogens with one attached hydrogen (secondary N) is 2. The van der Waals surface area contributed by atoms with Crippen LogP contribution in [0.15, 0.2) is 46.6 Å². The lowest BCUT2D eigenvalue weighted by atomic mass is 10.2. The third-order valence-electron chi connectivity index (χ3n) is 5.41. The zero-order chi connectivity index (χ0) is 23.8. The number of rotatable bonds is 6. The Balaban J connectivity index is 1.79. The van der Waals surface area contributed by atoms with Gasteiger partial charge in [0.1, 0.15) is 22.6 Å². The van der Waals surface area contributed by atoms with E-state index >= 15 is 0 Å². The molecule has 0 saturated heterocycles. The lowest BCUT2D eigenvalue weighted by Gasteiger charge is -2.06. The van der Waals surface area contributed by atoms with Crippen molar-refractivity contribution in [3.63, 3.8) is 0 Å². The lowest BCUT2D eigenvalue weighted by molar-refractivity contribution is 0.356. The van der Waals surface area contributed by atoms with Crippen molar-refractivity contribution in [2.45, 2.75) is 20.4 Å². The standard InChI is InChI=1S/C23H22N8O3/c1-5-31-11-15-19(30-31)20(26-12(2)21-24-7-6-8-25-21)18(23(32)29-15)22-27-13-9-16(33-3)17(34-4)10-14(13)28-22/h6-11H,5H2,1-4H3,(H,27,28)(H,29,32). The fourth-order valence-corrected chi connectivity index (χ4v) is 3.75. The summed E-state index contributed by atoms with van der Waals surface area (Å²) in [5, 5.41) is 4.63. The van der Waals surface area contributed by atoms with Gasteiger partial charge in [0.2, 0.25) is 0 Å². The van der Waals surface area contributed by atoms with Gasteiger partial charge in [-0.1, -0.05) is 0 Å². The minimum absolute atomic E-state index is 0.262. The van der Waals surface area contributed by atoms with Gasteiger partial charge in [0.25, 0.3) is 5.56 Å². The van der Waals surface area contributed by atoms with Crippen molar-refractivity contribution in [1.82, 2.24) is 34.7 Å². The highest BCUT2D eigenvalue weighted by Gasteiger charge is 2.21. The molecule has 0 aliphatic carbocycles. The fourth-order valence-electron chi connectivity index (χ4n) is 3.75. The van der Waals surface area contributed by atoms with Gasteiger partial charge in [-0.25, -0.2) is 19.9 Å². The number of aromatic amines is 2. The number of aromatic nitrogens is 7. The van der Waals surface area contributed by atoms with Crippen LogP contribution in [0, 0.1) is 0 Å². The van der Waals surface area contributed by atoms with Gasteiger partial charge >= 0.3 is 0 Å². The van der Waals surface area contributed by atoms with Crippen LogP contribution in [0.3, 0.4) is 0 Å². The van der Waals surface area contributed by atoms with Crippen LogP contribution in [0.1, 0.15) is 19.7 Å². The highest BCUT2D eigenvalue weighted by Crippen LogP contribution is 2.35. The van der Waals surface area contributed by atoms with Crippen LogP contribution in [0.5, 0.6) is 11.5 Å². The van der Waals surface area contributed by atoms with Crippen LogP contribution in [0.25, 0.3) is 33.5 Å². The van der Waals surface area contributed by atoms with Gasteiger partial charge < -0.3 is 19.4 Å². The zero-order valence-electron chi connectivity index (χ0n) is 19.1. The summed E-state index contributed by atoms with van der Waals surface area (Å²) in [6.45, 7) is 4.40. The predicted octanol–water partition coefficient (Wildman–Crippen LogP) is 3.24. The molecule has 0 radical (unpaired) electrons. The zero-order valence-corrected chi connectivity index (χ0v) is 19.1. The van der Waals surface area contributed by atoms with Crippen LogP contribution >= 0.6 is 0 Å². The Labute approximate surface area is 193 Å². The number of aliphatic imine (C=N–C) groups is 1. The molecule has 4 heterocycles.